The van der Waals surface area contributed by atoms with E-state index < -0.39 is 31.2 Å². The van der Waals surface area contributed by atoms with Crippen molar-refractivity contribution < 1.29 is 22.8 Å². The van der Waals surface area contributed by atoms with Crippen LogP contribution in [0.4, 0.5) is 23.7 Å². The maximum absolute atomic E-state index is 11.9. The number of carbonyl (C=O) groups excluding carboxylic acids is 2. The van der Waals surface area contributed by atoms with Gasteiger partial charge in [-0.1, -0.05) is 6.92 Å². The Morgan fingerprint density at radius 2 is 2.00 bits per heavy atom. The van der Waals surface area contributed by atoms with Crippen LogP contribution in [0.25, 0.3) is 0 Å². The van der Waals surface area contributed by atoms with E-state index in [0.717, 1.165) is 10.8 Å². The molecule has 0 fully saturated rings. The lowest BCUT2D eigenvalue weighted by Crippen LogP contribution is -2.42. The van der Waals surface area contributed by atoms with E-state index in [1.807, 2.05) is 6.92 Å². The van der Waals surface area contributed by atoms with Crippen LogP contribution in [-0.2, 0) is 4.79 Å². The number of halogens is 3. The summed E-state index contributed by atoms with van der Waals surface area (Å²) in [6.45, 7) is -0.00942. The van der Waals surface area contributed by atoms with E-state index in [0.29, 0.717) is 5.69 Å². The Labute approximate surface area is 129 Å². The van der Waals surface area contributed by atoms with E-state index in [1.54, 1.807) is 29.2 Å². The summed E-state index contributed by atoms with van der Waals surface area (Å²) >= 11 is 1.54. The molecule has 0 saturated carbocycles. The van der Waals surface area contributed by atoms with Crippen LogP contribution in [0.1, 0.15) is 6.92 Å². The molecule has 0 saturated heterocycles. The van der Waals surface area contributed by atoms with Crippen LogP contribution in [0.2, 0.25) is 0 Å². The first-order valence-corrected chi connectivity index (χ1v) is 7.26. The Bertz CT molecular complexity index is 508. The summed E-state index contributed by atoms with van der Waals surface area (Å²) in [5.74, 6) is -0.0619. The van der Waals surface area contributed by atoms with Crippen molar-refractivity contribution in [1.29, 1.82) is 0 Å². The van der Waals surface area contributed by atoms with E-state index in [2.05, 4.69) is 15.6 Å². The van der Waals surface area contributed by atoms with Gasteiger partial charge in [0.25, 0.3) is 0 Å². The maximum Gasteiger partial charge on any atom is 0.405 e. The van der Waals surface area contributed by atoms with Crippen LogP contribution in [0.5, 0.6) is 0 Å². The van der Waals surface area contributed by atoms with Gasteiger partial charge in [0.1, 0.15) is 6.54 Å². The Kier molecular flexibility index (Phi) is 6.96. The molecule has 0 spiro atoms. The second-order valence-corrected chi connectivity index (χ2v) is 5.30. The fraction of sp³-hybridized carbons (Fsp3) is 0.417. The van der Waals surface area contributed by atoms with Crippen molar-refractivity contribution in [2.45, 2.75) is 18.1 Å². The average Bonchev–Trinajstić information content (AvgIpc) is 2.44. The zero-order valence-electron chi connectivity index (χ0n) is 11.7. The number of thioether (sulfide) groups is 1. The SMILES string of the molecule is CCSc1ccc(NC(=O)NCC(=O)NCC(F)(F)F)cn1. The molecule has 122 valence electrons. The highest BCUT2D eigenvalue weighted by Crippen LogP contribution is 2.16. The molecule has 1 heterocycles. The fourth-order valence-corrected chi connectivity index (χ4v) is 1.87. The minimum atomic E-state index is -4.48. The number of nitrogens with one attached hydrogen (secondary N) is 3. The Morgan fingerprint density at radius 3 is 2.55 bits per heavy atom. The van der Waals surface area contributed by atoms with Crippen molar-refractivity contribution in [1.82, 2.24) is 15.6 Å². The van der Waals surface area contributed by atoms with E-state index in [1.165, 1.54) is 6.20 Å². The lowest BCUT2D eigenvalue weighted by molar-refractivity contribution is -0.137. The molecule has 0 aromatic carbocycles. The number of alkyl halides is 3. The first-order valence-electron chi connectivity index (χ1n) is 6.27. The quantitative estimate of drug-likeness (QED) is 0.694. The van der Waals surface area contributed by atoms with Gasteiger partial charge < -0.3 is 16.0 Å². The van der Waals surface area contributed by atoms with Crippen molar-refractivity contribution in [3.63, 3.8) is 0 Å². The number of hydrogen-bond acceptors (Lipinski definition) is 4. The van der Waals surface area contributed by atoms with Crippen LogP contribution in [0, 0.1) is 0 Å². The predicted molar refractivity (Wildman–Crippen MR) is 76.7 cm³/mol. The van der Waals surface area contributed by atoms with Gasteiger partial charge in [0.05, 0.1) is 23.5 Å². The first-order chi connectivity index (χ1) is 10.3. The molecule has 0 unspecified atom stereocenters. The number of rotatable bonds is 6. The minimum absolute atomic E-state index is 0.411. The summed E-state index contributed by atoms with van der Waals surface area (Å²) in [6.07, 6.45) is -3.04. The third kappa shape index (κ3) is 7.72. The van der Waals surface area contributed by atoms with E-state index in [4.69, 9.17) is 0 Å². The van der Waals surface area contributed by atoms with Crippen LogP contribution >= 0.6 is 11.8 Å². The lowest BCUT2D eigenvalue weighted by atomic mass is 10.4. The van der Waals surface area contributed by atoms with Gasteiger partial charge in [0.15, 0.2) is 0 Å². The molecule has 1 aromatic rings. The smallest absolute Gasteiger partial charge is 0.345 e. The van der Waals surface area contributed by atoms with E-state index in [9.17, 15) is 22.8 Å². The number of pyridine rings is 1. The largest absolute Gasteiger partial charge is 0.405 e. The zero-order valence-corrected chi connectivity index (χ0v) is 12.5. The van der Waals surface area contributed by atoms with Crippen molar-refractivity contribution in [2.75, 3.05) is 24.2 Å². The van der Waals surface area contributed by atoms with Gasteiger partial charge in [-0.15, -0.1) is 11.8 Å². The van der Waals surface area contributed by atoms with Crippen LogP contribution in [0.15, 0.2) is 23.4 Å². The van der Waals surface area contributed by atoms with Gasteiger partial charge in [0, 0.05) is 0 Å². The molecule has 3 N–H and O–H groups in total. The van der Waals surface area contributed by atoms with Gasteiger partial charge in [-0.3, -0.25) is 4.79 Å². The Morgan fingerprint density at radius 1 is 1.27 bits per heavy atom. The Balaban J connectivity index is 2.32. The molecule has 22 heavy (non-hydrogen) atoms. The van der Waals surface area contributed by atoms with Crippen LogP contribution < -0.4 is 16.0 Å². The molecule has 0 radical (unpaired) electrons. The second-order valence-electron chi connectivity index (χ2n) is 4.02. The number of urea groups is 1. The number of nitrogens with zero attached hydrogens (tertiary/aromatic N) is 1. The number of aromatic nitrogens is 1. The molecule has 6 nitrogen and oxygen atoms in total. The molecule has 10 heteroatoms. The summed E-state index contributed by atoms with van der Waals surface area (Å²) in [5, 5.41) is 7.01. The van der Waals surface area contributed by atoms with Gasteiger partial charge in [0.2, 0.25) is 5.91 Å². The fourth-order valence-electron chi connectivity index (χ4n) is 1.28. The highest BCUT2D eigenvalue weighted by molar-refractivity contribution is 7.99. The molecule has 0 aliphatic rings. The van der Waals surface area contributed by atoms with Crippen molar-refractivity contribution in [3.05, 3.63) is 18.3 Å². The summed E-state index contributed by atoms with van der Waals surface area (Å²) < 4.78 is 35.6. The van der Waals surface area contributed by atoms with Crippen LogP contribution in [0.3, 0.4) is 0 Å². The third-order valence-electron chi connectivity index (χ3n) is 2.18. The van der Waals surface area contributed by atoms with Gasteiger partial charge >= 0.3 is 12.2 Å². The molecule has 1 rings (SSSR count). The van der Waals surface area contributed by atoms with Gasteiger partial charge in [-0.05, 0) is 17.9 Å². The molecule has 0 bridgehead atoms. The molecular weight excluding hydrogens is 321 g/mol. The predicted octanol–water partition coefficient (Wildman–Crippen LogP) is 1.99. The summed E-state index contributed by atoms with van der Waals surface area (Å²) in [5.41, 5.74) is 0.411. The molecule has 0 aliphatic carbocycles. The van der Waals surface area contributed by atoms with Gasteiger partial charge in [-0.2, -0.15) is 13.2 Å². The summed E-state index contributed by atoms with van der Waals surface area (Å²) in [6, 6.07) is 2.65. The molecular formula is C12H15F3N4O2S. The maximum atomic E-state index is 11.9. The van der Waals surface area contributed by atoms with Crippen molar-refractivity contribution >= 4 is 29.4 Å². The van der Waals surface area contributed by atoms with Gasteiger partial charge in [-0.25, -0.2) is 9.78 Å². The number of anilines is 1. The number of hydrogen-bond donors (Lipinski definition) is 3. The lowest BCUT2D eigenvalue weighted by Gasteiger charge is -2.10. The minimum Gasteiger partial charge on any atom is -0.345 e. The highest BCUT2D eigenvalue weighted by Gasteiger charge is 2.27. The number of amides is 3. The number of carbonyl (C=O) groups is 2. The standard InChI is InChI=1S/C12H15F3N4O2S/c1-2-22-10-4-3-8(5-16-10)19-11(21)17-6-9(20)18-7-12(13,14)15/h3-5H,2,6-7H2,1H3,(H,18,20)(H2,17,19,21). The van der Waals surface area contributed by atoms with E-state index in [-0.39, 0.29) is 0 Å². The topological polar surface area (TPSA) is 83.1 Å². The monoisotopic (exact) mass is 336 g/mol. The first kappa shape index (κ1) is 18.1. The molecule has 3 amide bonds. The van der Waals surface area contributed by atoms with Crippen molar-refractivity contribution in [3.8, 4) is 0 Å². The summed E-state index contributed by atoms with van der Waals surface area (Å²) in [7, 11) is 0. The normalized spacial score (nSPS) is 10.9. The van der Waals surface area contributed by atoms with Crippen LogP contribution in [-0.4, -0.2) is 41.9 Å². The molecule has 0 aliphatic heterocycles. The summed E-state index contributed by atoms with van der Waals surface area (Å²) in [4.78, 5) is 26.7. The molecule has 0 atom stereocenters. The van der Waals surface area contributed by atoms with Crippen molar-refractivity contribution in [2.24, 2.45) is 0 Å². The second kappa shape index (κ2) is 8.47. The molecule has 1 aromatic heterocycles. The third-order valence-corrected chi connectivity index (χ3v) is 3.01. The zero-order chi connectivity index (χ0) is 16.6. The Hall–Kier alpha value is -1.97. The highest BCUT2D eigenvalue weighted by atomic mass is 32.2. The van der Waals surface area contributed by atoms with E-state index >= 15 is 0 Å². The average molecular weight is 336 g/mol.